The van der Waals surface area contributed by atoms with Gasteiger partial charge in [-0.2, -0.15) is 0 Å². The summed E-state index contributed by atoms with van der Waals surface area (Å²) in [6.07, 6.45) is 5.72. The van der Waals surface area contributed by atoms with E-state index in [1.807, 2.05) is 4.90 Å². The molecule has 3 rings (SSSR count). The molecule has 4 heteroatoms. The molecule has 3 aliphatic rings. The van der Waals surface area contributed by atoms with Gasteiger partial charge < -0.3 is 4.90 Å². The molecule has 94 valence electrons. The molecule has 1 aliphatic carbocycles. The summed E-state index contributed by atoms with van der Waals surface area (Å²) in [6.45, 7) is 2.63. The molecule has 0 aromatic carbocycles. The quantitative estimate of drug-likeness (QED) is 0.676. The van der Waals surface area contributed by atoms with Gasteiger partial charge in [-0.05, 0) is 19.3 Å². The SMILES string of the molecule is O=C1CCCCC1N1CCN2C(=O)CCC2C1. The first kappa shape index (κ1) is 11.2. The molecule has 0 bridgehead atoms. The van der Waals surface area contributed by atoms with Gasteiger partial charge in [-0.1, -0.05) is 6.42 Å². The topological polar surface area (TPSA) is 40.6 Å². The van der Waals surface area contributed by atoms with E-state index >= 15 is 0 Å². The zero-order valence-electron chi connectivity index (χ0n) is 10.2. The van der Waals surface area contributed by atoms with Crippen molar-refractivity contribution >= 4 is 11.7 Å². The molecule has 4 nitrogen and oxygen atoms in total. The number of rotatable bonds is 1. The molecule has 0 spiro atoms. The molecule has 2 saturated heterocycles. The van der Waals surface area contributed by atoms with Crippen LogP contribution in [-0.2, 0) is 9.59 Å². The van der Waals surface area contributed by atoms with Crippen LogP contribution in [0.2, 0.25) is 0 Å². The maximum absolute atomic E-state index is 11.9. The molecule has 2 aliphatic heterocycles. The Labute approximate surface area is 102 Å². The van der Waals surface area contributed by atoms with Crippen LogP contribution in [0.5, 0.6) is 0 Å². The lowest BCUT2D eigenvalue weighted by Gasteiger charge is -2.42. The number of carbonyl (C=O) groups is 2. The Hall–Kier alpha value is -0.900. The summed E-state index contributed by atoms with van der Waals surface area (Å²) in [7, 11) is 0. The number of Topliss-reactive ketones (excluding diaryl/α,β-unsaturated/α-hetero) is 1. The van der Waals surface area contributed by atoms with Gasteiger partial charge in [0.1, 0.15) is 5.78 Å². The van der Waals surface area contributed by atoms with Gasteiger partial charge >= 0.3 is 0 Å². The molecule has 3 fully saturated rings. The van der Waals surface area contributed by atoms with Crippen LogP contribution in [0.15, 0.2) is 0 Å². The van der Waals surface area contributed by atoms with E-state index in [0.717, 1.165) is 45.3 Å². The maximum atomic E-state index is 11.9. The first-order valence-electron chi connectivity index (χ1n) is 6.82. The normalized spacial score (nSPS) is 35.2. The van der Waals surface area contributed by atoms with Gasteiger partial charge in [0.05, 0.1) is 6.04 Å². The minimum atomic E-state index is 0.154. The molecular weight excluding hydrogens is 216 g/mol. The van der Waals surface area contributed by atoms with E-state index in [-0.39, 0.29) is 6.04 Å². The fraction of sp³-hybridized carbons (Fsp3) is 0.846. The van der Waals surface area contributed by atoms with Crippen LogP contribution in [0, 0.1) is 0 Å². The average molecular weight is 236 g/mol. The van der Waals surface area contributed by atoms with Gasteiger partial charge in [0.2, 0.25) is 5.91 Å². The predicted molar refractivity (Wildman–Crippen MR) is 63.6 cm³/mol. The summed E-state index contributed by atoms with van der Waals surface area (Å²) in [4.78, 5) is 27.9. The summed E-state index contributed by atoms with van der Waals surface area (Å²) < 4.78 is 0. The average Bonchev–Trinajstić information content (AvgIpc) is 2.71. The summed E-state index contributed by atoms with van der Waals surface area (Å²) >= 11 is 0. The van der Waals surface area contributed by atoms with Crippen LogP contribution in [0.4, 0.5) is 0 Å². The molecule has 1 saturated carbocycles. The molecule has 0 aromatic heterocycles. The number of hydrogen-bond acceptors (Lipinski definition) is 3. The summed E-state index contributed by atoms with van der Waals surface area (Å²) in [5.41, 5.74) is 0. The van der Waals surface area contributed by atoms with Crippen molar-refractivity contribution in [3.8, 4) is 0 Å². The highest BCUT2D eigenvalue weighted by atomic mass is 16.2. The maximum Gasteiger partial charge on any atom is 0.222 e. The number of nitrogens with zero attached hydrogens (tertiary/aromatic N) is 2. The Morgan fingerprint density at radius 3 is 2.71 bits per heavy atom. The van der Waals surface area contributed by atoms with Gasteiger partial charge in [-0.3, -0.25) is 14.5 Å². The largest absolute Gasteiger partial charge is 0.337 e. The second-order valence-corrected chi connectivity index (χ2v) is 5.50. The lowest BCUT2D eigenvalue weighted by atomic mass is 9.92. The Balaban J connectivity index is 1.66. The highest BCUT2D eigenvalue weighted by Crippen LogP contribution is 2.27. The molecule has 0 aromatic rings. The van der Waals surface area contributed by atoms with Crippen molar-refractivity contribution in [2.45, 2.75) is 50.6 Å². The molecular formula is C13H20N2O2. The Morgan fingerprint density at radius 2 is 1.88 bits per heavy atom. The van der Waals surface area contributed by atoms with Crippen molar-refractivity contribution in [2.75, 3.05) is 19.6 Å². The van der Waals surface area contributed by atoms with E-state index in [1.54, 1.807) is 0 Å². The van der Waals surface area contributed by atoms with Crippen molar-refractivity contribution < 1.29 is 9.59 Å². The van der Waals surface area contributed by atoms with Crippen molar-refractivity contribution in [1.29, 1.82) is 0 Å². The number of fused-ring (bicyclic) bond motifs is 1. The Kier molecular flexibility index (Phi) is 2.90. The monoisotopic (exact) mass is 236 g/mol. The van der Waals surface area contributed by atoms with Crippen LogP contribution in [0.25, 0.3) is 0 Å². The van der Waals surface area contributed by atoms with E-state index in [4.69, 9.17) is 0 Å². The van der Waals surface area contributed by atoms with Gasteiger partial charge in [0, 0.05) is 38.5 Å². The standard InChI is InChI=1S/C13H20N2O2/c16-12-4-2-1-3-11(12)14-7-8-15-10(9-14)5-6-13(15)17/h10-11H,1-9H2. The van der Waals surface area contributed by atoms with Gasteiger partial charge in [-0.15, -0.1) is 0 Å². The number of carbonyl (C=O) groups excluding carboxylic acids is 2. The number of hydrogen-bond donors (Lipinski definition) is 0. The highest BCUT2D eigenvalue weighted by molar-refractivity contribution is 5.84. The van der Waals surface area contributed by atoms with Crippen molar-refractivity contribution in [1.82, 2.24) is 9.80 Å². The number of ketones is 1. The Morgan fingerprint density at radius 1 is 1.00 bits per heavy atom. The molecule has 0 N–H and O–H groups in total. The van der Waals surface area contributed by atoms with Crippen LogP contribution >= 0.6 is 0 Å². The molecule has 1 amide bonds. The lowest BCUT2D eigenvalue weighted by molar-refractivity contribution is -0.132. The highest BCUT2D eigenvalue weighted by Gasteiger charge is 2.39. The minimum Gasteiger partial charge on any atom is -0.337 e. The van der Waals surface area contributed by atoms with Gasteiger partial charge in [0.25, 0.3) is 0 Å². The van der Waals surface area contributed by atoms with E-state index in [2.05, 4.69) is 4.90 Å². The van der Waals surface area contributed by atoms with E-state index in [0.29, 0.717) is 24.2 Å². The lowest BCUT2D eigenvalue weighted by Crippen LogP contribution is -2.56. The number of amides is 1. The van der Waals surface area contributed by atoms with Crippen LogP contribution < -0.4 is 0 Å². The van der Waals surface area contributed by atoms with Crippen molar-refractivity contribution in [2.24, 2.45) is 0 Å². The summed E-state index contributed by atoms with van der Waals surface area (Å²) in [6, 6.07) is 0.535. The molecule has 2 atom stereocenters. The first-order valence-corrected chi connectivity index (χ1v) is 6.82. The van der Waals surface area contributed by atoms with Crippen molar-refractivity contribution in [3.63, 3.8) is 0 Å². The summed E-state index contributed by atoms with van der Waals surface area (Å²) in [5, 5.41) is 0. The second-order valence-electron chi connectivity index (χ2n) is 5.50. The van der Waals surface area contributed by atoms with Crippen LogP contribution in [0.1, 0.15) is 38.5 Å². The first-order chi connectivity index (χ1) is 8.25. The fourth-order valence-electron chi connectivity index (χ4n) is 3.52. The third kappa shape index (κ3) is 1.99. The molecule has 2 unspecified atom stereocenters. The predicted octanol–water partition coefficient (Wildman–Crippen LogP) is 0.805. The van der Waals surface area contributed by atoms with Crippen molar-refractivity contribution in [3.05, 3.63) is 0 Å². The molecule has 0 radical (unpaired) electrons. The van der Waals surface area contributed by atoms with Gasteiger partial charge in [-0.25, -0.2) is 0 Å². The van der Waals surface area contributed by atoms with E-state index in [1.165, 1.54) is 6.42 Å². The fourth-order valence-corrected chi connectivity index (χ4v) is 3.52. The summed E-state index contributed by atoms with van der Waals surface area (Å²) in [5.74, 6) is 0.735. The van der Waals surface area contributed by atoms with E-state index in [9.17, 15) is 9.59 Å². The zero-order chi connectivity index (χ0) is 11.8. The Bertz CT molecular complexity index is 342. The molecule has 17 heavy (non-hydrogen) atoms. The minimum absolute atomic E-state index is 0.154. The third-order valence-electron chi connectivity index (χ3n) is 4.49. The molecule has 2 heterocycles. The third-order valence-corrected chi connectivity index (χ3v) is 4.49. The van der Waals surface area contributed by atoms with Gasteiger partial charge in [0.15, 0.2) is 0 Å². The van der Waals surface area contributed by atoms with Crippen LogP contribution in [-0.4, -0.2) is 53.2 Å². The second kappa shape index (κ2) is 4.41. The number of piperazine rings is 1. The van der Waals surface area contributed by atoms with Crippen LogP contribution in [0.3, 0.4) is 0 Å². The zero-order valence-corrected chi connectivity index (χ0v) is 10.2. The van der Waals surface area contributed by atoms with E-state index < -0.39 is 0 Å². The smallest absolute Gasteiger partial charge is 0.222 e.